The average molecular weight is 417 g/mol. The van der Waals surface area contributed by atoms with Crippen molar-refractivity contribution in [1.29, 1.82) is 5.26 Å². The van der Waals surface area contributed by atoms with Gasteiger partial charge in [-0.15, -0.1) is 11.3 Å². The third-order valence-electron chi connectivity index (χ3n) is 4.40. The Hall–Kier alpha value is -3.20. The van der Waals surface area contributed by atoms with Crippen LogP contribution < -0.4 is 0 Å². The van der Waals surface area contributed by atoms with E-state index >= 15 is 0 Å². The molecule has 2 heterocycles. The van der Waals surface area contributed by atoms with Crippen molar-refractivity contribution in [1.82, 2.24) is 14.8 Å². The lowest BCUT2D eigenvalue weighted by molar-refractivity contribution is 0.689. The first-order valence-corrected chi connectivity index (χ1v) is 10.3. The summed E-state index contributed by atoms with van der Waals surface area (Å²) in [5, 5.41) is 17.8. The fourth-order valence-corrected chi connectivity index (χ4v) is 3.98. The molecule has 0 aliphatic heterocycles. The molecule has 0 spiro atoms. The van der Waals surface area contributed by atoms with Gasteiger partial charge in [0.05, 0.1) is 17.8 Å². The number of hydrogen-bond acceptors (Lipinski definition) is 4. The van der Waals surface area contributed by atoms with E-state index in [2.05, 4.69) is 11.1 Å². The van der Waals surface area contributed by atoms with Gasteiger partial charge in [0.15, 0.2) is 0 Å². The minimum Gasteiger partial charge on any atom is -0.267 e. The molecule has 142 valence electrons. The van der Waals surface area contributed by atoms with Crippen molar-refractivity contribution >= 4 is 34.6 Å². The third kappa shape index (κ3) is 4.29. The third-order valence-corrected chi connectivity index (χ3v) is 5.76. The van der Waals surface area contributed by atoms with E-state index in [1.807, 2.05) is 83.9 Å². The van der Waals surface area contributed by atoms with Crippen molar-refractivity contribution in [3.05, 3.63) is 93.0 Å². The van der Waals surface area contributed by atoms with Crippen LogP contribution in [0.5, 0.6) is 0 Å². The second-order valence-electron chi connectivity index (χ2n) is 6.55. The van der Waals surface area contributed by atoms with Crippen LogP contribution in [0.3, 0.4) is 0 Å². The lowest BCUT2D eigenvalue weighted by Crippen LogP contribution is -2.00. The largest absolute Gasteiger partial charge is 0.267 e. The molecule has 0 radical (unpaired) electrons. The molecule has 0 saturated heterocycles. The van der Waals surface area contributed by atoms with Gasteiger partial charge in [-0.25, -0.2) is 4.98 Å². The van der Waals surface area contributed by atoms with Crippen molar-refractivity contribution in [3.63, 3.8) is 0 Å². The summed E-state index contributed by atoms with van der Waals surface area (Å²) in [5.74, 6) is 0. The first-order chi connectivity index (χ1) is 14.1. The highest BCUT2D eigenvalue weighted by atomic mass is 35.5. The van der Waals surface area contributed by atoms with Crippen molar-refractivity contribution < 1.29 is 0 Å². The highest BCUT2D eigenvalue weighted by Gasteiger charge is 2.13. The summed E-state index contributed by atoms with van der Waals surface area (Å²) < 4.78 is 1.86. The first kappa shape index (κ1) is 19.1. The topological polar surface area (TPSA) is 54.5 Å². The lowest BCUT2D eigenvalue weighted by atomic mass is 10.1. The lowest BCUT2D eigenvalue weighted by Gasteiger charge is -2.04. The van der Waals surface area contributed by atoms with E-state index in [9.17, 15) is 5.26 Å². The van der Waals surface area contributed by atoms with Gasteiger partial charge in [-0.2, -0.15) is 10.4 Å². The quantitative estimate of drug-likeness (QED) is 0.370. The van der Waals surface area contributed by atoms with E-state index in [0.29, 0.717) is 22.1 Å². The first-order valence-electron chi connectivity index (χ1n) is 9.04. The van der Waals surface area contributed by atoms with Gasteiger partial charge in [0, 0.05) is 33.4 Å². The van der Waals surface area contributed by atoms with Crippen LogP contribution in [0.2, 0.25) is 5.02 Å². The van der Waals surface area contributed by atoms with E-state index in [1.165, 1.54) is 11.3 Å². The summed E-state index contributed by atoms with van der Waals surface area (Å²) in [6.07, 6.45) is 3.81. The number of halogens is 1. The van der Waals surface area contributed by atoms with Crippen LogP contribution in [-0.4, -0.2) is 14.8 Å². The minimum absolute atomic E-state index is 0.526. The maximum absolute atomic E-state index is 9.69. The molecule has 6 heteroatoms. The number of benzene rings is 2. The zero-order valence-corrected chi connectivity index (χ0v) is 17.3. The van der Waals surface area contributed by atoms with Crippen LogP contribution >= 0.6 is 22.9 Å². The second-order valence-corrected chi connectivity index (χ2v) is 7.82. The van der Waals surface area contributed by atoms with Crippen LogP contribution in [0.15, 0.2) is 66.2 Å². The van der Waals surface area contributed by atoms with E-state index in [-0.39, 0.29) is 0 Å². The van der Waals surface area contributed by atoms with Gasteiger partial charge in [0.1, 0.15) is 11.1 Å². The molecule has 4 aromatic rings. The van der Waals surface area contributed by atoms with Gasteiger partial charge in [-0.1, -0.05) is 60.1 Å². The summed E-state index contributed by atoms with van der Waals surface area (Å²) >= 11 is 7.79. The normalized spacial score (nSPS) is 11.4. The molecular weight excluding hydrogens is 400 g/mol. The molecule has 0 unspecified atom stereocenters. The van der Waals surface area contributed by atoms with Gasteiger partial charge < -0.3 is 0 Å². The van der Waals surface area contributed by atoms with Crippen LogP contribution in [0.4, 0.5) is 0 Å². The highest BCUT2D eigenvalue weighted by Crippen LogP contribution is 2.28. The van der Waals surface area contributed by atoms with E-state index in [4.69, 9.17) is 16.7 Å². The Morgan fingerprint density at radius 1 is 1.17 bits per heavy atom. The molecule has 0 N–H and O–H groups in total. The predicted octanol–water partition coefficient (Wildman–Crippen LogP) is 6.08. The second kappa shape index (κ2) is 8.44. The molecule has 4 rings (SSSR count). The molecule has 2 aromatic carbocycles. The number of nitriles is 1. The van der Waals surface area contributed by atoms with Gasteiger partial charge in [0.25, 0.3) is 0 Å². The number of hydrogen-bond donors (Lipinski definition) is 0. The SMILES string of the molecule is Cc1csc(/C(C#N)=C/c2cn(Cc3ccccc3Cl)nc2-c2ccccc2)n1. The fraction of sp³-hybridized carbons (Fsp3) is 0.0870. The summed E-state index contributed by atoms with van der Waals surface area (Å²) in [6.45, 7) is 2.47. The summed E-state index contributed by atoms with van der Waals surface area (Å²) in [6, 6.07) is 20.0. The highest BCUT2D eigenvalue weighted by molar-refractivity contribution is 7.11. The van der Waals surface area contributed by atoms with Gasteiger partial charge in [-0.05, 0) is 24.6 Å². The Labute approximate surface area is 178 Å². The van der Waals surface area contributed by atoms with Crippen LogP contribution in [0.25, 0.3) is 22.9 Å². The van der Waals surface area contributed by atoms with Gasteiger partial charge in [0.2, 0.25) is 0 Å². The van der Waals surface area contributed by atoms with Crippen molar-refractivity contribution in [3.8, 4) is 17.3 Å². The van der Waals surface area contributed by atoms with Gasteiger partial charge in [-0.3, -0.25) is 4.68 Å². The Bertz CT molecular complexity index is 1220. The Balaban J connectivity index is 1.79. The number of aromatic nitrogens is 3. The number of thiazole rings is 1. The van der Waals surface area contributed by atoms with Crippen molar-refractivity contribution in [2.75, 3.05) is 0 Å². The van der Waals surface area contributed by atoms with Crippen LogP contribution in [-0.2, 0) is 6.54 Å². The molecule has 2 aromatic heterocycles. The summed E-state index contributed by atoms with van der Waals surface area (Å²) in [7, 11) is 0. The van der Waals surface area contributed by atoms with Crippen LogP contribution in [0.1, 0.15) is 21.8 Å². The molecule has 0 bridgehead atoms. The van der Waals surface area contributed by atoms with Crippen LogP contribution in [0, 0.1) is 18.3 Å². The Morgan fingerprint density at radius 2 is 1.93 bits per heavy atom. The van der Waals surface area contributed by atoms with Crippen molar-refractivity contribution in [2.24, 2.45) is 0 Å². The van der Waals surface area contributed by atoms with E-state index in [0.717, 1.165) is 28.1 Å². The standard InChI is InChI=1S/C23H17ClN4S/c1-16-15-29-23(26-16)19(12-25)11-20-14-28(13-18-9-5-6-10-21(18)24)27-22(20)17-7-3-2-4-8-17/h2-11,14-15H,13H2,1H3/b19-11+. The summed E-state index contributed by atoms with van der Waals surface area (Å²) in [4.78, 5) is 4.45. The Morgan fingerprint density at radius 3 is 2.62 bits per heavy atom. The molecule has 4 nitrogen and oxygen atoms in total. The predicted molar refractivity (Wildman–Crippen MR) is 119 cm³/mol. The molecule has 0 aliphatic rings. The molecule has 0 aliphatic carbocycles. The monoisotopic (exact) mass is 416 g/mol. The smallest absolute Gasteiger partial charge is 0.134 e. The molecule has 0 fully saturated rings. The Kier molecular flexibility index (Phi) is 5.57. The minimum atomic E-state index is 0.526. The molecule has 29 heavy (non-hydrogen) atoms. The average Bonchev–Trinajstić information content (AvgIpc) is 3.34. The summed E-state index contributed by atoms with van der Waals surface area (Å²) in [5.41, 5.74) is 5.10. The number of rotatable bonds is 5. The zero-order chi connectivity index (χ0) is 20.2. The van der Waals surface area contributed by atoms with Crippen molar-refractivity contribution in [2.45, 2.75) is 13.5 Å². The fourth-order valence-electron chi connectivity index (χ4n) is 3.02. The van der Waals surface area contributed by atoms with E-state index in [1.54, 1.807) is 0 Å². The number of aryl methyl sites for hydroxylation is 1. The molecule has 0 amide bonds. The van der Waals surface area contributed by atoms with E-state index < -0.39 is 0 Å². The van der Waals surface area contributed by atoms with Gasteiger partial charge >= 0.3 is 0 Å². The molecule has 0 atom stereocenters. The molecular formula is C23H17ClN4S. The maximum Gasteiger partial charge on any atom is 0.134 e. The maximum atomic E-state index is 9.69. The number of nitrogens with zero attached hydrogens (tertiary/aromatic N) is 4. The molecule has 0 saturated carbocycles. The number of allylic oxidation sites excluding steroid dienone is 1. The zero-order valence-electron chi connectivity index (χ0n) is 15.7.